The average Bonchev–Trinajstić information content (AvgIpc) is 3.23. The van der Waals surface area contributed by atoms with Gasteiger partial charge in [0.05, 0.1) is 5.92 Å². The van der Waals surface area contributed by atoms with E-state index >= 15 is 4.79 Å². The minimum atomic E-state index is -0.730. The first-order valence-corrected chi connectivity index (χ1v) is 12.9. The van der Waals surface area contributed by atoms with Gasteiger partial charge in [-0.3, -0.25) is 4.79 Å². The van der Waals surface area contributed by atoms with Gasteiger partial charge in [0, 0.05) is 11.8 Å². The van der Waals surface area contributed by atoms with E-state index < -0.39 is 5.41 Å². The number of carbonyl (C=O) groups excluding carboxylic acids is 1. The monoisotopic (exact) mass is 458 g/mol. The Balaban J connectivity index is 1.47. The summed E-state index contributed by atoms with van der Waals surface area (Å²) in [6.07, 6.45) is 0. The molecule has 5 aliphatic rings. The molecule has 2 atom stereocenters. The minimum Gasteiger partial charge on any atom is -0.297 e. The SMILES string of the molecule is O=C1C2c3ccccc3C(c3ccccc3)c3ccc4c(c32)C12c1ccccc1C4c1ccccc12. The van der Waals surface area contributed by atoms with Gasteiger partial charge in [-0.2, -0.15) is 0 Å². The Morgan fingerprint density at radius 1 is 0.444 bits per heavy atom. The van der Waals surface area contributed by atoms with Crippen LogP contribution in [0.5, 0.6) is 0 Å². The smallest absolute Gasteiger partial charge is 0.164 e. The molecular weight excluding hydrogens is 436 g/mol. The van der Waals surface area contributed by atoms with Gasteiger partial charge in [-0.1, -0.05) is 115 Å². The van der Waals surface area contributed by atoms with Crippen LogP contribution in [0.15, 0.2) is 115 Å². The van der Waals surface area contributed by atoms with E-state index in [-0.39, 0.29) is 17.8 Å². The fraction of sp³-hybridized carbons (Fsp3) is 0.114. The van der Waals surface area contributed by atoms with Gasteiger partial charge < -0.3 is 0 Å². The number of carbonyl (C=O) groups is 1. The van der Waals surface area contributed by atoms with Crippen molar-refractivity contribution < 1.29 is 4.79 Å². The molecule has 0 aromatic heterocycles. The molecule has 0 saturated carbocycles. The highest BCUT2D eigenvalue weighted by Gasteiger charge is 2.64. The first-order valence-electron chi connectivity index (χ1n) is 12.9. The van der Waals surface area contributed by atoms with Crippen LogP contribution in [-0.2, 0) is 10.2 Å². The third kappa shape index (κ3) is 1.90. The molecule has 0 saturated heterocycles. The maximum Gasteiger partial charge on any atom is 0.164 e. The molecule has 0 aliphatic heterocycles. The second kappa shape index (κ2) is 6.30. The number of Topliss-reactive ketones (excluding diaryl/α,β-unsaturated/α-hetero) is 1. The highest BCUT2D eigenvalue weighted by Crippen LogP contribution is 2.68. The van der Waals surface area contributed by atoms with Crippen LogP contribution in [0.4, 0.5) is 0 Å². The standard InChI is InChI=1S/C35H22O/c36-34-32-22-13-5-4-12-21(22)29(20-10-2-1-3-11-20)25-18-19-26-30-23-14-6-8-16-27(23)35(34,33(26)31(25)32)28-17-9-7-15-24(28)30/h1-19,29-30,32H. The van der Waals surface area contributed by atoms with E-state index in [0.717, 1.165) is 0 Å². The van der Waals surface area contributed by atoms with E-state index in [0.29, 0.717) is 5.78 Å². The zero-order valence-electron chi connectivity index (χ0n) is 19.6. The van der Waals surface area contributed by atoms with E-state index in [1.54, 1.807) is 0 Å². The van der Waals surface area contributed by atoms with Gasteiger partial charge in [0.25, 0.3) is 0 Å². The molecule has 0 heterocycles. The Bertz CT molecular complexity index is 1730. The molecule has 168 valence electrons. The lowest BCUT2D eigenvalue weighted by Crippen LogP contribution is -2.45. The van der Waals surface area contributed by atoms with Crippen LogP contribution in [0.3, 0.4) is 0 Å². The fourth-order valence-electron chi connectivity index (χ4n) is 8.21. The van der Waals surface area contributed by atoms with Crippen molar-refractivity contribution in [2.24, 2.45) is 0 Å². The van der Waals surface area contributed by atoms with Crippen LogP contribution >= 0.6 is 0 Å². The van der Waals surface area contributed by atoms with E-state index in [4.69, 9.17) is 0 Å². The summed E-state index contributed by atoms with van der Waals surface area (Å²) in [6, 6.07) is 41.6. The number of hydrogen-bond acceptors (Lipinski definition) is 1. The second-order valence-corrected chi connectivity index (χ2v) is 10.7. The van der Waals surface area contributed by atoms with Crippen molar-refractivity contribution in [1.82, 2.24) is 0 Å². The van der Waals surface area contributed by atoms with Gasteiger partial charge in [0.15, 0.2) is 5.78 Å². The van der Waals surface area contributed by atoms with Crippen molar-refractivity contribution in [3.8, 4) is 0 Å². The van der Waals surface area contributed by atoms with Gasteiger partial charge in [-0.15, -0.1) is 0 Å². The van der Waals surface area contributed by atoms with Crippen LogP contribution in [-0.4, -0.2) is 5.78 Å². The van der Waals surface area contributed by atoms with Gasteiger partial charge in [-0.25, -0.2) is 0 Å². The van der Waals surface area contributed by atoms with Crippen LogP contribution in [0.2, 0.25) is 0 Å². The molecule has 36 heavy (non-hydrogen) atoms. The first kappa shape index (κ1) is 19.0. The second-order valence-electron chi connectivity index (χ2n) is 10.7. The van der Waals surface area contributed by atoms with Crippen LogP contribution in [0, 0.1) is 0 Å². The number of benzene rings is 5. The molecule has 0 fully saturated rings. The third-order valence-corrected chi connectivity index (χ3v) is 9.33. The molecule has 10 rings (SSSR count). The normalized spacial score (nSPS) is 25.1. The number of ketones is 1. The van der Waals surface area contributed by atoms with E-state index in [9.17, 15) is 0 Å². The number of fused-ring (bicyclic) bond motifs is 2. The Morgan fingerprint density at radius 2 is 0.972 bits per heavy atom. The molecule has 0 N–H and O–H groups in total. The van der Waals surface area contributed by atoms with Crippen molar-refractivity contribution in [2.45, 2.75) is 23.2 Å². The Hall–Kier alpha value is -4.23. The molecule has 5 aliphatic carbocycles. The highest BCUT2D eigenvalue weighted by atomic mass is 16.1. The molecule has 0 radical (unpaired) electrons. The van der Waals surface area contributed by atoms with Crippen molar-refractivity contribution in [3.63, 3.8) is 0 Å². The summed E-state index contributed by atoms with van der Waals surface area (Å²) in [5, 5.41) is 0. The van der Waals surface area contributed by atoms with Crippen molar-refractivity contribution in [3.05, 3.63) is 176 Å². The van der Waals surface area contributed by atoms with Gasteiger partial charge in [0.1, 0.15) is 5.41 Å². The van der Waals surface area contributed by atoms with Gasteiger partial charge >= 0.3 is 0 Å². The van der Waals surface area contributed by atoms with Crippen LogP contribution < -0.4 is 0 Å². The van der Waals surface area contributed by atoms with Crippen LogP contribution in [0.1, 0.15) is 79.0 Å². The third-order valence-electron chi connectivity index (χ3n) is 9.33. The number of hydrogen-bond donors (Lipinski definition) is 0. The number of rotatable bonds is 1. The lowest BCUT2D eigenvalue weighted by atomic mass is 9.53. The first-order chi connectivity index (χ1) is 17.8. The summed E-state index contributed by atoms with van der Waals surface area (Å²) in [5.74, 6) is 0.401. The highest BCUT2D eigenvalue weighted by molar-refractivity contribution is 6.12. The summed E-state index contributed by atoms with van der Waals surface area (Å²) in [5.41, 5.74) is 13.2. The fourth-order valence-corrected chi connectivity index (χ4v) is 8.21. The van der Waals surface area contributed by atoms with Gasteiger partial charge in [0.2, 0.25) is 0 Å². The Morgan fingerprint density at radius 3 is 1.64 bits per heavy atom. The van der Waals surface area contributed by atoms with Crippen LogP contribution in [0.25, 0.3) is 0 Å². The molecule has 5 aromatic rings. The summed E-state index contributed by atoms with van der Waals surface area (Å²) >= 11 is 0. The quantitative estimate of drug-likeness (QED) is 0.263. The maximum absolute atomic E-state index is 15.1. The Kier molecular flexibility index (Phi) is 3.33. The Labute approximate surface area is 210 Å². The summed E-state index contributed by atoms with van der Waals surface area (Å²) in [6.45, 7) is 0. The maximum atomic E-state index is 15.1. The molecule has 5 aromatic carbocycles. The molecule has 2 unspecified atom stereocenters. The van der Waals surface area contributed by atoms with Crippen molar-refractivity contribution in [2.75, 3.05) is 0 Å². The zero-order valence-corrected chi connectivity index (χ0v) is 19.6. The molecule has 1 heteroatoms. The van der Waals surface area contributed by atoms with Gasteiger partial charge in [-0.05, 0) is 61.2 Å². The van der Waals surface area contributed by atoms with E-state index in [2.05, 4.69) is 115 Å². The molecule has 1 spiro atoms. The predicted octanol–water partition coefficient (Wildman–Crippen LogP) is 7.04. The van der Waals surface area contributed by atoms with E-state index in [1.165, 1.54) is 61.2 Å². The van der Waals surface area contributed by atoms with Crippen molar-refractivity contribution >= 4 is 5.78 Å². The lowest BCUT2D eigenvalue weighted by Gasteiger charge is -2.48. The molecular formula is C35H22O. The summed E-state index contributed by atoms with van der Waals surface area (Å²) in [4.78, 5) is 15.1. The van der Waals surface area contributed by atoms with Crippen molar-refractivity contribution in [1.29, 1.82) is 0 Å². The van der Waals surface area contributed by atoms with E-state index in [1.807, 2.05) is 0 Å². The molecule has 2 bridgehead atoms. The summed E-state index contributed by atoms with van der Waals surface area (Å²) < 4.78 is 0. The molecule has 1 nitrogen and oxygen atoms in total. The minimum absolute atomic E-state index is 0.132. The average molecular weight is 459 g/mol. The predicted molar refractivity (Wildman–Crippen MR) is 141 cm³/mol. The zero-order chi connectivity index (χ0) is 23.6. The largest absolute Gasteiger partial charge is 0.297 e. The topological polar surface area (TPSA) is 17.1 Å². The molecule has 0 amide bonds. The lowest BCUT2D eigenvalue weighted by molar-refractivity contribution is -0.121. The summed E-state index contributed by atoms with van der Waals surface area (Å²) in [7, 11) is 0.